The Morgan fingerprint density at radius 2 is 1.95 bits per heavy atom. The van der Waals surface area contributed by atoms with Crippen LogP contribution in [0, 0.1) is 0 Å². The van der Waals surface area contributed by atoms with Crippen molar-refractivity contribution in [2.24, 2.45) is 0 Å². The number of aromatic nitrogens is 1. The molecule has 0 fully saturated rings. The molecule has 0 saturated heterocycles. The third-order valence-corrected chi connectivity index (χ3v) is 4.81. The van der Waals surface area contributed by atoms with Gasteiger partial charge in [-0.2, -0.15) is 0 Å². The molecule has 2 aromatic rings. The summed E-state index contributed by atoms with van der Waals surface area (Å²) in [5.41, 5.74) is 1.37. The van der Waals surface area contributed by atoms with Crippen molar-refractivity contribution in [3.8, 4) is 0 Å². The fourth-order valence-corrected chi connectivity index (χ4v) is 2.55. The molecule has 20 heavy (non-hydrogen) atoms. The number of aliphatic carboxylic acids is 1. The first kappa shape index (κ1) is 15.1. The highest BCUT2D eigenvalue weighted by Crippen LogP contribution is 2.30. The lowest BCUT2D eigenvalue weighted by atomic mass is 10.1. The number of nitrogens with one attached hydrogen (secondary N) is 1. The Bertz CT molecular complexity index is 682. The van der Waals surface area contributed by atoms with Crippen LogP contribution in [0.3, 0.4) is 0 Å². The number of carboxylic acid groups (broad SMARTS) is 1. The summed E-state index contributed by atoms with van der Waals surface area (Å²) in [5.74, 6) is -1.12. The quantitative estimate of drug-likeness (QED) is 0.822. The van der Waals surface area contributed by atoms with Gasteiger partial charge in [0.05, 0.1) is 12.0 Å². The average molecular weight is 404 g/mol. The number of aromatic amines is 1. The smallest absolute Gasteiger partial charge is 0.305 e. The minimum Gasteiger partial charge on any atom is -0.481 e. The van der Waals surface area contributed by atoms with Gasteiger partial charge in [-0.25, -0.2) is 0 Å². The fourth-order valence-electron chi connectivity index (χ4n) is 1.86. The Balaban J connectivity index is 2.30. The molecular formula is C13H12Br2N2O3. The lowest BCUT2D eigenvalue weighted by molar-refractivity contribution is -0.137. The first-order chi connectivity index (χ1) is 9.40. The van der Waals surface area contributed by atoms with Gasteiger partial charge in [0.25, 0.3) is 5.91 Å². The van der Waals surface area contributed by atoms with E-state index in [0.29, 0.717) is 5.56 Å². The van der Waals surface area contributed by atoms with E-state index in [-0.39, 0.29) is 18.9 Å². The van der Waals surface area contributed by atoms with Crippen LogP contribution in [0.25, 0.3) is 10.9 Å². The highest BCUT2D eigenvalue weighted by atomic mass is 79.9. The lowest BCUT2D eigenvalue weighted by Crippen LogP contribution is -2.28. The van der Waals surface area contributed by atoms with Gasteiger partial charge in [0.1, 0.15) is 0 Å². The topological polar surface area (TPSA) is 73.4 Å². The number of carboxylic acids is 1. The molecule has 5 nitrogen and oxygen atoms in total. The molecule has 0 radical (unpaired) electrons. The molecule has 0 saturated carbocycles. The van der Waals surface area contributed by atoms with Crippen molar-refractivity contribution in [2.75, 3.05) is 13.6 Å². The zero-order valence-corrected chi connectivity index (χ0v) is 13.8. The first-order valence-electron chi connectivity index (χ1n) is 5.83. The molecule has 0 bridgehead atoms. The van der Waals surface area contributed by atoms with Crippen LogP contribution in [0.1, 0.15) is 16.8 Å². The Morgan fingerprint density at radius 3 is 2.60 bits per heavy atom. The molecule has 0 aliphatic heterocycles. The molecule has 0 atom stereocenters. The summed E-state index contributed by atoms with van der Waals surface area (Å²) in [6, 6.07) is 3.74. The second-order valence-electron chi connectivity index (χ2n) is 4.38. The van der Waals surface area contributed by atoms with Gasteiger partial charge in [0.15, 0.2) is 0 Å². The molecule has 1 aromatic carbocycles. The van der Waals surface area contributed by atoms with Crippen LogP contribution in [0.5, 0.6) is 0 Å². The molecule has 0 aliphatic rings. The van der Waals surface area contributed by atoms with Crippen molar-refractivity contribution in [3.05, 3.63) is 32.8 Å². The molecule has 0 aliphatic carbocycles. The maximum absolute atomic E-state index is 12.3. The monoisotopic (exact) mass is 402 g/mol. The van der Waals surface area contributed by atoms with Crippen LogP contribution in [0.15, 0.2) is 27.3 Å². The van der Waals surface area contributed by atoms with Gasteiger partial charge in [-0.1, -0.05) is 0 Å². The minimum atomic E-state index is -0.921. The van der Waals surface area contributed by atoms with Crippen LogP contribution in [-0.2, 0) is 4.79 Å². The van der Waals surface area contributed by atoms with E-state index < -0.39 is 5.97 Å². The molecule has 2 rings (SSSR count). The van der Waals surface area contributed by atoms with Crippen molar-refractivity contribution in [3.63, 3.8) is 0 Å². The fraction of sp³-hybridized carbons (Fsp3) is 0.231. The summed E-state index contributed by atoms with van der Waals surface area (Å²) in [6.45, 7) is 0.179. The standard InChI is InChI=1S/C13H12Br2N2O3/c1-17(3-2-12(18)19)13(20)8-6-16-11-5-10(15)9(14)4-7(8)11/h4-6,16H,2-3H2,1H3,(H,18,19). The molecular weight excluding hydrogens is 392 g/mol. The van der Waals surface area contributed by atoms with E-state index in [2.05, 4.69) is 36.8 Å². The predicted molar refractivity (Wildman–Crippen MR) is 82.9 cm³/mol. The molecule has 1 aromatic heterocycles. The van der Waals surface area contributed by atoms with Crippen LogP contribution < -0.4 is 0 Å². The van der Waals surface area contributed by atoms with Gasteiger partial charge >= 0.3 is 5.97 Å². The summed E-state index contributed by atoms with van der Waals surface area (Å²) in [5, 5.41) is 9.46. The third kappa shape index (κ3) is 3.04. The molecule has 106 valence electrons. The number of carbonyl (C=O) groups is 2. The summed E-state index contributed by atoms with van der Waals surface area (Å²) in [6.07, 6.45) is 1.57. The number of benzene rings is 1. The number of halogens is 2. The van der Waals surface area contributed by atoms with Gasteiger partial charge in [-0.3, -0.25) is 9.59 Å². The number of rotatable bonds is 4. The second-order valence-corrected chi connectivity index (χ2v) is 6.09. The van der Waals surface area contributed by atoms with E-state index in [1.165, 1.54) is 4.90 Å². The van der Waals surface area contributed by atoms with Crippen molar-refractivity contribution in [1.29, 1.82) is 0 Å². The van der Waals surface area contributed by atoms with E-state index in [1.54, 1.807) is 13.2 Å². The van der Waals surface area contributed by atoms with Crippen molar-refractivity contribution >= 4 is 54.6 Å². The van der Waals surface area contributed by atoms with Gasteiger partial charge < -0.3 is 15.0 Å². The zero-order chi connectivity index (χ0) is 14.9. The SMILES string of the molecule is CN(CCC(=O)O)C(=O)c1c[nH]c2cc(Br)c(Br)cc12. The van der Waals surface area contributed by atoms with Crippen LogP contribution >= 0.6 is 31.9 Å². The van der Waals surface area contributed by atoms with Gasteiger partial charge in [-0.05, 0) is 44.0 Å². The molecule has 2 N–H and O–H groups in total. The Labute approximate surface area is 132 Å². The largest absolute Gasteiger partial charge is 0.481 e. The number of nitrogens with zero attached hydrogens (tertiary/aromatic N) is 1. The van der Waals surface area contributed by atoms with Gasteiger partial charge in [0, 0.05) is 39.6 Å². The summed E-state index contributed by atoms with van der Waals surface area (Å²) in [4.78, 5) is 27.3. The average Bonchev–Trinajstić information content (AvgIpc) is 2.78. The van der Waals surface area contributed by atoms with E-state index in [0.717, 1.165) is 19.8 Å². The number of hydrogen-bond acceptors (Lipinski definition) is 2. The number of H-pyrrole nitrogens is 1. The second kappa shape index (κ2) is 5.97. The van der Waals surface area contributed by atoms with Crippen LogP contribution in [-0.4, -0.2) is 40.5 Å². The predicted octanol–water partition coefficient (Wildman–Crippen LogP) is 3.24. The highest BCUT2D eigenvalue weighted by Gasteiger charge is 2.17. The summed E-state index contributed by atoms with van der Waals surface area (Å²) < 4.78 is 1.75. The summed E-state index contributed by atoms with van der Waals surface area (Å²) >= 11 is 6.81. The Morgan fingerprint density at radius 1 is 1.30 bits per heavy atom. The lowest BCUT2D eigenvalue weighted by Gasteiger charge is -2.15. The minimum absolute atomic E-state index is 0.0696. The van der Waals surface area contributed by atoms with E-state index >= 15 is 0 Å². The van der Waals surface area contributed by atoms with Crippen LogP contribution in [0.4, 0.5) is 0 Å². The highest BCUT2D eigenvalue weighted by molar-refractivity contribution is 9.13. The summed E-state index contributed by atoms with van der Waals surface area (Å²) in [7, 11) is 1.60. The van der Waals surface area contributed by atoms with Crippen molar-refractivity contribution in [2.45, 2.75) is 6.42 Å². The van der Waals surface area contributed by atoms with Crippen LogP contribution in [0.2, 0.25) is 0 Å². The number of amides is 1. The zero-order valence-electron chi connectivity index (χ0n) is 10.6. The van der Waals surface area contributed by atoms with Gasteiger partial charge in [-0.15, -0.1) is 0 Å². The molecule has 0 spiro atoms. The van der Waals surface area contributed by atoms with E-state index in [1.807, 2.05) is 12.1 Å². The van der Waals surface area contributed by atoms with Crippen molar-refractivity contribution in [1.82, 2.24) is 9.88 Å². The van der Waals surface area contributed by atoms with E-state index in [4.69, 9.17) is 5.11 Å². The van der Waals surface area contributed by atoms with Gasteiger partial charge in [0.2, 0.25) is 0 Å². The molecule has 1 amide bonds. The normalized spacial score (nSPS) is 10.8. The maximum atomic E-state index is 12.3. The molecule has 0 unspecified atom stereocenters. The number of hydrogen-bond donors (Lipinski definition) is 2. The maximum Gasteiger partial charge on any atom is 0.305 e. The Hall–Kier alpha value is -1.34. The molecule has 1 heterocycles. The number of carbonyl (C=O) groups excluding carboxylic acids is 1. The number of fused-ring (bicyclic) bond motifs is 1. The van der Waals surface area contributed by atoms with Crippen molar-refractivity contribution < 1.29 is 14.7 Å². The first-order valence-corrected chi connectivity index (χ1v) is 7.42. The molecule has 7 heteroatoms. The van der Waals surface area contributed by atoms with E-state index in [9.17, 15) is 9.59 Å². The Kier molecular flexibility index (Phi) is 4.49. The third-order valence-electron chi connectivity index (χ3n) is 2.96.